The number of β-amino-alcohol motifs (C(OH)–C–C–N with tert-alkyl or cyclic N) is 1. The highest BCUT2D eigenvalue weighted by atomic mass is 16.3. The molecule has 2 N–H and O–H groups in total. The molecule has 1 heterocycles. The molecule has 1 saturated heterocycles. The van der Waals surface area contributed by atoms with Crippen LogP contribution in [0.1, 0.15) is 36.1 Å². The molecule has 0 bridgehead atoms. The van der Waals surface area contributed by atoms with Crippen molar-refractivity contribution in [1.29, 1.82) is 0 Å². The lowest BCUT2D eigenvalue weighted by Gasteiger charge is -2.44. The number of aliphatic hydroxyl groups excluding tert-OH is 1. The van der Waals surface area contributed by atoms with Gasteiger partial charge in [-0.3, -0.25) is 4.90 Å². The van der Waals surface area contributed by atoms with Crippen molar-refractivity contribution in [3.63, 3.8) is 0 Å². The Kier molecular flexibility index (Phi) is 3.49. The zero-order chi connectivity index (χ0) is 13.5. The predicted octanol–water partition coefficient (Wildman–Crippen LogP) is 1.79. The van der Waals surface area contributed by atoms with Crippen molar-refractivity contribution < 1.29 is 10.2 Å². The summed E-state index contributed by atoms with van der Waals surface area (Å²) in [6, 6.07) is 6.59. The normalized spacial score (nSPS) is 33.7. The van der Waals surface area contributed by atoms with E-state index in [0.717, 1.165) is 0 Å². The van der Waals surface area contributed by atoms with Gasteiger partial charge in [0, 0.05) is 12.6 Å². The Morgan fingerprint density at radius 3 is 2.61 bits per heavy atom. The third-order valence-corrected chi connectivity index (χ3v) is 4.05. The van der Waals surface area contributed by atoms with Crippen molar-refractivity contribution in [2.75, 3.05) is 13.6 Å². The molecule has 0 amide bonds. The van der Waals surface area contributed by atoms with Gasteiger partial charge >= 0.3 is 0 Å². The minimum atomic E-state index is -1.01. The van der Waals surface area contributed by atoms with Crippen molar-refractivity contribution in [3.8, 4) is 0 Å². The smallest absolute Gasteiger partial charge is 0.100 e. The lowest BCUT2D eigenvalue weighted by molar-refractivity contribution is -0.121. The van der Waals surface area contributed by atoms with Gasteiger partial charge < -0.3 is 10.2 Å². The molecular weight excluding hydrogens is 226 g/mol. The number of likely N-dealkylation sites (tertiary alicyclic amines) is 1. The molecule has 0 saturated carbocycles. The summed E-state index contributed by atoms with van der Waals surface area (Å²) in [5.74, 6) is 0. The first-order chi connectivity index (χ1) is 8.31. The standard InChI is InChI=1S/C15H23NO2/c1-10-5-6-12(11(2)7-10)13-8-14(17)15(3,18)9-16(13)4/h5-7,13-14,17-18H,8-9H2,1-4H3/t13-,14-,15+/m0/s1. The van der Waals surface area contributed by atoms with E-state index in [-0.39, 0.29) is 6.04 Å². The van der Waals surface area contributed by atoms with E-state index in [0.29, 0.717) is 13.0 Å². The molecule has 0 aromatic heterocycles. The number of aliphatic hydroxyl groups is 2. The van der Waals surface area contributed by atoms with Crippen LogP contribution in [-0.4, -0.2) is 40.4 Å². The SMILES string of the molecule is Cc1ccc([C@@H]2C[C@H](O)[C@](C)(O)CN2C)c(C)c1. The van der Waals surface area contributed by atoms with Crippen molar-refractivity contribution in [3.05, 3.63) is 34.9 Å². The van der Waals surface area contributed by atoms with Gasteiger partial charge in [-0.2, -0.15) is 0 Å². The van der Waals surface area contributed by atoms with Gasteiger partial charge in [-0.15, -0.1) is 0 Å². The number of nitrogens with zero attached hydrogens (tertiary/aromatic N) is 1. The first-order valence-corrected chi connectivity index (χ1v) is 6.49. The van der Waals surface area contributed by atoms with Gasteiger partial charge in [0.2, 0.25) is 0 Å². The number of piperidine rings is 1. The maximum absolute atomic E-state index is 10.1. The quantitative estimate of drug-likeness (QED) is 0.797. The molecule has 1 aliphatic heterocycles. The third-order valence-electron chi connectivity index (χ3n) is 4.05. The van der Waals surface area contributed by atoms with Crippen molar-refractivity contribution in [1.82, 2.24) is 4.90 Å². The highest BCUT2D eigenvalue weighted by Crippen LogP contribution is 2.35. The van der Waals surface area contributed by atoms with Crippen LogP contribution in [-0.2, 0) is 0 Å². The molecule has 1 aliphatic rings. The fourth-order valence-electron chi connectivity index (χ4n) is 2.93. The molecular formula is C15H23NO2. The summed E-state index contributed by atoms with van der Waals surface area (Å²) in [6.07, 6.45) is -0.0904. The fourth-order valence-corrected chi connectivity index (χ4v) is 2.93. The zero-order valence-corrected chi connectivity index (χ0v) is 11.6. The lowest BCUT2D eigenvalue weighted by atomic mass is 9.83. The highest BCUT2D eigenvalue weighted by molar-refractivity contribution is 5.33. The minimum absolute atomic E-state index is 0.181. The summed E-state index contributed by atoms with van der Waals surface area (Å²) >= 11 is 0. The van der Waals surface area contributed by atoms with Crippen LogP contribution in [0.3, 0.4) is 0 Å². The van der Waals surface area contributed by atoms with E-state index in [1.165, 1.54) is 16.7 Å². The largest absolute Gasteiger partial charge is 0.390 e. The van der Waals surface area contributed by atoms with Crippen LogP contribution in [0.25, 0.3) is 0 Å². The van der Waals surface area contributed by atoms with E-state index < -0.39 is 11.7 Å². The van der Waals surface area contributed by atoms with Gasteiger partial charge in [0.25, 0.3) is 0 Å². The zero-order valence-electron chi connectivity index (χ0n) is 11.6. The van der Waals surface area contributed by atoms with Gasteiger partial charge in [0.05, 0.1) is 6.10 Å². The second kappa shape index (κ2) is 4.65. The average molecular weight is 249 g/mol. The Hall–Kier alpha value is -0.900. The molecule has 0 radical (unpaired) electrons. The van der Waals surface area contributed by atoms with Crippen LogP contribution in [0, 0.1) is 13.8 Å². The van der Waals surface area contributed by atoms with Crippen LogP contribution in [0.5, 0.6) is 0 Å². The maximum Gasteiger partial charge on any atom is 0.100 e. The molecule has 0 aliphatic carbocycles. The first-order valence-electron chi connectivity index (χ1n) is 6.49. The first kappa shape index (κ1) is 13.5. The van der Waals surface area contributed by atoms with Crippen molar-refractivity contribution >= 4 is 0 Å². The maximum atomic E-state index is 10.1. The molecule has 3 nitrogen and oxygen atoms in total. The Morgan fingerprint density at radius 1 is 1.33 bits per heavy atom. The van der Waals surface area contributed by atoms with E-state index in [1.54, 1.807) is 6.92 Å². The fraction of sp³-hybridized carbons (Fsp3) is 0.600. The van der Waals surface area contributed by atoms with Crippen LogP contribution in [0.4, 0.5) is 0 Å². The van der Waals surface area contributed by atoms with Crippen LogP contribution in [0.2, 0.25) is 0 Å². The summed E-state index contributed by atoms with van der Waals surface area (Å²) in [7, 11) is 2.00. The molecule has 18 heavy (non-hydrogen) atoms. The number of rotatable bonds is 1. The Labute approximate surface area is 109 Å². The van der Waals surface area contributed by atoms with Gasteiger partial charge in [0.15, 0.2) is 0 Å². The van der Waals surface area contributed by atoms with E-state index in [1.807, 2.05) is 7.05 Å². The number of likely N-dealkylation sites (N-methyl/N-ethyl adjacent to an activating group) is 1. The second-order valence-electron chi connectivity index (χ2n) is 5.90. The molecule has 1 fully saturated rings. The monoisotopic (exact) mass is 249 g/mol. The summed E-state index contributed by atoms with van der Waals surface area (Å²) in [6.45, 7) is 6.38. The molecule has 100 valence electrons. The van der Waals surface area contributed by atoms with Crippen LogP contribution < -0.4 is 0 Å². The number of hydrogen-bond acceptors (Lipinski definition) is 3. The van der Waals surface area contributed by atoms with E-state index in [4.69, 9.17) is 0 Å². The predicted molar refractivity (Wildman–Crippen MR) is 72.5 cm³/mol. The summed E-state index contributed by atoms with van der Waals surface area (Å²) in [4.78, 5) is 2.13. The van der Waals surface area contributed by atoms with Crippen molar-refractivity contribution in [2.24, 2.45) is 0 Å². The second-order valence-corrected chi connectivity index (χ2v) is 5.90. The highest BCUT2D eigenvalue weighted by Gasteiger charge is 2.40. The lowest BCUT2D eigenvalue weighted by Crippen LogP contribution is -2.54. The topological polar surface area (TPSA) is 43.7 Å². The minimum Gasteiger partial charge on any atom is -0.390 e. The number of aryl methyl sites for hydroxylation is 2. The summed E-state index contributed by atoms with van der Waals surface area (Å²) in [5, 5.41) is 20.2. The average Bonchev–Trinajstić information content (AvgIpc) is 2.24. The molecule has 0 unspecified atom stereocenters. The van der Waals surface area contributed by atoms with E-state index in [9.17, 15) is 10.2 Å². The molecule has 3 heteroatoms. The van der Waals surface area contributed by atoms with Crippen LogP contribution >= 0.6 is 0 Å². The van der Waals surface area contributed by atoms with Crippen molar-refractivity contribution in [2.45, 2.75) is 44.9 Å². The molecule has 1 aromatic carbocycles. The van der Waals surface area contributed by atoms with Gasteiger partial charge in [0.1, 0.15) is 5.60 Å². The van der Waals surface area contributed by atoms with E-state index >= 15 is 0 Å². The molecule has 1 aromatic rings. The summed E-state index contributed by atoms with van der Waals surface area (Å²) in [5.41, 5.74) is 2.74. The number of benzene rings is 1. The molecule has 0 spiro atoms. The molecule has 3 atom stereocenters. The third kappa shape index (κ3) is 2.44. The Morgan fingerprint density at radius 2 is 2.00 bits per heavy atom. The van der Waals surface area contributed by atoms with E-state index in [2.05, 4.69) is 36.9 Å². The molecule has 2 rings (SSSR count). The summed E-state index contributed by atoms with van der Waals surface area (Å²) < 4.78 is 0. The van der Waals surface area contributed by atoms with Gasteiger partial charge in [-0.05, 0) is 45.4 Å². The van der Waals surface area contributed by atoms with Gasteiger partial charge in [-0.1, -0.05) is 23.8 Å². The Balaban J connectivity index is 2.29. The van der Waals surface area contributed by atoms with Gasteiger partial charge in [-0.25, -0.2) is 0 Å². The Bertz CT molecular complexity index is 442. The van der Waals surface area contributed by atoms with Crippen LogP contribution in [0.15, 0.2) is 18.2 Å². The number of hydrogen-bond donors (Lipinski definition) is 2.